The molecule has 0 N–H and O–H groups in total. The average molecular weight is 168 g/mol. The Hall–Kier alpha value is -0.330. The second kappa shape index (κ2) is 3.59. The first kappa shape index (κ1) is 9.76. The zero-order valence-corrected chi connectivity index (χ0v) is 8.63. The molecule has 0 bridgehead atoms. The number of rotatable bonds is 2. The van der Waals surface area contributed by atoms with Crippen molar-refractivity contribution >= 4 is 5.78 Å². The molecule has 0 heterocycles. The molecule has 2 unspecified atom stereocenters. The van der Waals surface area contributed by atoms with Crippen molar-refractivity contribution in [3.8, 4) is 0 Å². The normalized spacial score (nSPS) is 30.7. The molecule has 1 rings (SSSR count). The van der Waals surface area contributed by atoms with Crippen LogP contribution in [-0.2, 0) is 4.79 Å². The maximum absolute atomic E-state index is 11.3. The smallest absolute Gasteiger partial charge is 0.133 e. The summed E-state index contributed by atoms with van der Waals surface area (Å²) in [5.74, 6) is 3.12. The van der Waals surface area contributed by atoms with E-state index in [1.54, 1.807) is 0 Å². The second-order valence-corrected chi connectivity index (χ2v) is 4.76. The van der Waals surface area contributed by atoms with E-state index in [1.807, 2.05) is 0 Å². The standard InChI is InChI=1S/C11H20O/c1-7(2)10-5-9(12)6-11(10)8(3)4/h7-8,10-11H,5-6H2,1-4H3. The fraction of sp³-hybridized carbons (Fsp3) is 0.909. The van der Waals surface area contributed by atoms with Gasteiger partial charge in [-0.25, -0.2) is 0 Å². The van der Waals surface area contributed by atoms with Gasteiger partial charge in [-0.2, -0.15) is 0 Å². The molecule has 1 aliphatic carbocycles. The molecule has 0 spiro atoms. The lowest BCUT2D eigenvalue weighted by atomic mass is 9.80. The Morgan fingerprint density at radius 3 is 1.58 bits per heavy atom. The van der Waals surface area contributed by atoms with E-state index in [0.717, 1.165) is 12.8 Å². The molecule has 0 amide bonds. The molecular formula is C11H20O. The molecule has 0 aromatic heterocycles. The third-order valence-electron chi connectivity index (χ3n) is 3.19. The Morgan fingerprint density at radius 1 is 1.00 bits per heavy atom. The summed E-state index contributed by atoms with van der Waals surface area (Å²) in [6, 6.07) is 0. The Bertz CT molecular complexity index is 152. The minimum atomic E-state index is 0.479. The minimum absolute atomic E-state index is 0.479. The molecule has 0 saturated heterocycles. The molecule has 1 saturated carbocycles. The molecule has 0 aliphatic heterocycles. The molecule has 2 atom stereocenters. The predicted molar refractivity (Wildman–Crippen MR) is 50.9 cm³/mol. The molecule has 1 fully saturated rings. The van der Waals surface area contributed by atoms with Gasteiger partial charge in [0.1, 0.15) is 5.78 Å². The number of ketones is 1. The van der Waals surface area contributed by atoms with Crippen LogP contribution in [0.3, 0.4) is 0 Å². The van der Waals surface area contributed by atoms with Crippen LogP contribution < -0.4 is 0 Å². The highest BCUT2D eigenvalue weighted by Gasteiger charge is 2.36. The molecule has 0 aromatic rings. The number of hydrogen-bond acceptors (Lipinski definition) is 1. The Labute approximate surface area is 75.5 Å². The maximum atomic E-state index is 11.3. The quantitative estimate of drug-likeness (QED) is 0.619. The summed E-state index contributed by atoms with van der Waals surface area (Å²) < 4.78 is 0. The van der Waals surface area contributed by atoms with Gasteiger partial charge < -0.3 is 0 Å². The van der Waals surface area contributed by atoms with Crippen LogP contribution in [0.1, 0.15) is 40.5 Å². The molecule has 0 aromatic carbocycles. The molecule has 12 heavy (non-hydrogen) atoms. The van der Waals surface area contributed by atoms with E-state index in [4.69, 9.17) is 0 Å². The first-order valence-electron chi connectivity index (χ1n) is 5.04. The van der Waals surface area contributed by atoms with E-state index < -0.39 is 0 Å². The fourth-order valence-electron chi connectivity index (χ4n) is 2.37. The summed E-state index contributed by atoms with van der Waals surface area (Å²) in [4.78, 5) is 11.3. The largest absolute Gasteiger partial charge is 0.300 e. The summed E-state index contributed by atoms with van der Waals surface area (Å²) in [5, 5.41) is 0. The van der Waals surface area contributed by atoms with Gasteiger partial charge in [-0.15, -0.1) is 0 Å². The zero-order valence-electron chi connectivity index (χ0n) is 8.63. The maximum Gasteiger partial charge on any atom is 0.133 e. The van der Waals surface area contributed by atoms with Crippen molar-refractivity contribution in [1.29, 1.82) is 0 Å². The van der Waals surface area contributed by atoms with Crippen LogP contribution in [0, 0.1) is 23.7 Å². The van der Waals surface area contributed by atoms with Crippen LogP contribution in [0.4, 0.5) is 0 Å². The van der Waals surface area contributed by atoms with E-state index >= 15 is 0 Å². The second-order valence-electron chi connectivity index (χ2n) is 4.76. The molecule has 70 valence electrons. The molecular weight excluding hydrogens is 148 g/mol. The Morgan fingerprint density at radius 2 is 1.33 bits per heavy atom. The topological polar surface area (TPSA) is 17.1 Å². The van der Waals surface area contributed by atoms with Crippen molar-refractivity contribution in [2.45, 2.75) is 40.5 Å². The van der Waals surface area contributed by atoms with Crippen LogP contribution >= 0.6 is 0 Å². The summed E-state index contributed by atoms with van der Waals surface area (Å²) in [7, 11) is 0. The zero-order chi connectivity index (χ0) is 9.30. The first-order valence-corrected chi connectivity index (χ1v) is 5.04. The third kappa shape index (κ3) is 1.88. The molecule has 1 aliphatic rings. The average Bonchev–Trinajstić information content (AvgIpc) is 2.31. The van der Waals surface area contributed by atoms with Crippen LogP contribution in [-0.4, -0.2) is 5.78 Å². The van der Waals surface area contributed by atoms with E-state index in [0.29, 0.717) is 29.5 Å². The first-order chi connectivity index (χ1) is 5.52. The van der Waals surface area contributed by atoms with E-state index in [9.17, 15) is 4.79 Å². The van der Waals surface area contributed by atoms with Gasteiger partial charge in [-0.05, 0) is 23.7 Å². The van der Waals surface area contributed by atoms with E-state index in [2.05, 4.69) is 27.7 Å². The van der Waals surface area contributed by atoms with Gasteiger partial charge >= 0.3 is 0 Å². The molecule has 1 heteroatoms. The van der Waals surface area contributed by atoms with Gasteiger partial charge in [0.25, 0.3) is 0 Å². The molecule has 1 nitrogen and oxygen atoms in total. The fourth-order valence-corrected chi connectivity index (χ4v) is 2.37. The lowest BCUT2D eigenvalue weighted by Gasteiger charge is -2.25. The number of carbonyl (C=O) groups excluding carboxylic acids is 1. The number of carbonyl (C=O) groups is 1. The lowest BCUT2D eigenvalue weighted by Crippen LogP contribution is -2.18. The number of Topliss-reactive ketones (excluding diaryl/α,β-unsaturated/α-hetero) is 1. The van der Waals surface area contributed by atoms with Crippen molar-refractivity contribution in [1.82, 2.24) is 0 Å². The highest BCUT2D eigenvalue weighted by atomic mass is 16.1. The Kier molecular flexibility index (Phi) is 2.92. The highest BCUT2D eigenvalue weighted by Crippen LogP contribution is 2.38. The van der Waals surface area contributed by atoms with Crippen molar-refractivity contribution in [2.75, 3.05) is 0 Å². The van der Waals surface area contributed by atoms with E-state index in [1.165, 1.54) is 0 Å². The van der Waals surface area contributed by atoms with Crippen LogP contribution in [0.15, 0.2) is 0 Å². The predicted octanol–water partition coefficient (Wildman–Crippen LogP) is 2.89. The summed E-state index contributed by atoms with van der Waals surface area (Å²) in [6.45, 7) is 8.94. The lowest BCUT2D eigenvalue weighted by molar-refractivity contribution is -0.117. The summed E-state index contributed by atoms with van der Waals surface area (Å²) in [6.07, 6.45) is 1.67. The number of hydrogen-bond donors (Lipinski definition) is 0. The van der Waals surface area contributed by atoms with Gasteiger partial charge in [-0.3, -0.25) is 4.79 Å². The minimum Gasteiger partial charge on any atom is -0.300 e. The van der Waals surface area contributed by atoms with E-state index in [-0.39, 0.29) is 0 Å². The van der Waals surface area contributed by atoms with Crippen molar-refractivity contribution in [3.63, 3.8) is 0 Å². The van der Waals surface area contributed by atoms with Crippen molar-refractivity contribution in [3.05, 3.63) is 0 Å². The SMILES string of the molecule is CC(C)C1CC(=O)CC1C(C)C. The third-order valence-corrected chi connectivity index (χ3v) is 3.19. The van der Waals surface area contributed by atoms with Crippen LogP contribution in [0.2, 0.25) is 0 Å². The van der Waals surface area contributed by atoms with Crippen LogP contribution in [0.5, 0.6) is 0 Å². The Balaban J connectivity index is 2.65. The summed E-state index contributed by atoms with van der Waals surface area (Å²) >= 11 is 0. The van der Waals surface area contributed by atoms with Gasteiger partial charge in [0.05, 0.1) is 0 Å². The van der Waals surface area contributed by atoms with Gasteiger partial charge in [-0.1, -0.05) is 27.7 Å². The highest BCUT2D eigenvalue weighted by molar-refractivity contribution is 5.81. The van der Waals surface area contributed by atoms with Gasteiger partial charge in [0.2, 0.25) is 0 Å². The van der Waals surface area contributed by atoms with Crippen LogP contribution in [0.25, 0.3) is 0 Å². The van der Waals surface area contributed by atoms with Crippen molar-refractivity contribution in [2.24, 2.45) is 23.7 Å². The summed E-state index contributed by atoms with van der Waals surface area (Å²) in [5.41, 5.74) is 0. The van der Waals surface area contributed by atoms with Gasteiger partial charge in [0.15, 0.2) is 0 Å². The van der Waals surface area contributed by atoms with Gasteiger partial charge in [0, 0.05) is 12.8 Å². The van der Waals surface area contributed by atoms with Crippen molar-refractivity contribution < 1.29 is 4.79 Å². The monoisotopic (exact) mass is 168 g/mol. The molecule has 0 radical (unpaired) electrons.